The average Bonchev–Trinajstić information content (AvgIpc) is 2.84. The normalized spacial score (nSPS) is 12.7. The molecule has 1 amide bonds. The molecule has 1 aromatic carbocycles. The van der Waals surface area contributed by atoms with Gasteiger partial charge in [-0.15, -0.1) is 0 Å². The van der Waals surface area contributed by atoms with Crippen molar-refractivity contribution in [2.24, 2.45) is 5.92 Å². The van der Waals surface area contributed by atoms with Gasteiger partial charge >= 0.3 is 0 Å². The summed E-state index contributed by atoms with van der Waals surface area (Å²) in [5, 5.41) is 7.56. The van der Waals surface area contributed by atoms with Gasteiger partial charge in [-0.05, 0) is 57.9 Å². The highest BCUT2D eigenvalue weighted by molar-refractivity contribution is 7.89. The van der Waals surface area contributed by atoms with Crippen molar-refractivity contribution in [3.05, 3.63) is 46.8 Å². The molecule has 0 unspecified atom stereocenters. The van der Waals surface area contributed by atoms with E-state index in [2.05, 4.69) is 29.0 Å². The number of benzene rings is 1. The van der Waals surface area contributed by atoms with E-state index >= 15 is 0 Å². The topological polar surface area (TPSA) is 93.1 Å². The highest BCUT2D eigenvalue weighted by atomic mass is 35.5. The van der Waals surface area contributed by atoms with Gasteiger partial charge in [0.05, 0.1) is 10.6 Å². The molecule has 164 valence electrons. The summed E-state index contributed by atoms with van der Waals surface area (Å²) in [5.74, 6) is -0.0151. The third kappa shape index (κ3) is 6.68. The van der Waals surface area contributed by atoms with Crippen LogP contribution in [0.4, 0.5) is 5.69 Å². The Kier molecular flexibility index (Phi) is 7.49. The van der Waals surface area contributed by atoms with Crippen LogP contribution in [0, 0.1) is 12.8 Å². The van der Waals surface area contributed by atoms with Crippen LogP contribution in [0.5, 0.6) is 0 Å². The summed E-state index contributed by atoms with van der Waals surface area (Å²) in [6.45, 7) is 11.9. The molecular formula is C21H29ClN4O3S. The minimum atomic E-state index is -3.70. The summed E-state index contributed by atoms with van der Waals surface area (Å²) in [4.78, 5) is 12.4. The van der Waals surface area contributed by atoms with Crippen LogP contribution in [0.3, 0.4) is 0 Å². The lowest BCUT2D eigenvalue weighted by Crippen LogP contribution is -2.40. The zero-order valence-electron chi connectivity index (χ0n) is 18.2. The van der Waals surface area contributed by atoms with Crippen LogP contribution >= 0.6 is 11.6 Å². The fourth-order valence-corrected chi connectivity index (χ4v) is 4.54. The van der Waals surface area contributed by atoms with Crippen LogP contribution in [-0.4, -0.2) is 29.6 Å². The summed E-state index contributed by atoms with van der Waals surface area (Å²) in [6.07, 6.45) is 2.96. The van der Waals surface area contributed by atoms with Gasteiger partial charge in [0.2, 0.25) is 15.9 Å². The first-order valence-electron chi connectivity index (χ1n) is 9.64. The van der Waals surface area contributed by atoms with Gasteiger partial charge in [-0.25, -0.2) is 13.1 Å². The summed E-state index contributed by atoms with van der Waals surface area (Å²) in [6, 6.07) is 6.10. The lowest BCUT2D eigenvalue weighted by Gasteiger charge is -2.20. The van der Waals surface area contributed by atoms with E-state index in [-0.39, 0.29) is 4.90 Å². The van der Waals surface area contributed by atoms with Crippen LogP contribution in [-0.2, 0) is 21.4 Å². The molecule has 0 atom stereocenters. The molecule has 1 heterocycles. The molecule has 0 fully saturated rings. The molecule has 7 nitrogen and oxygen atoms in total. The maximum atomic E-state index is 12.5. The van der Waals surface area contributed by atoms with Gasteiger partial charge in [0, 0.05) is 29.4 Å². The molecule has 0 radical (unpaired) electrons. The maximum absolute atomic E-state index is 12.5. The number of nitrogens with zero attached hydrogens (tertiary/aromatic N) is 2. The van der Waals surface area contributed by atoms with Crippen LogP contribution in [0.25, 0.3) is 6.08 Å². The summed E-state index contributed by atoms with van der Waals surface area (Å²) < 4.78 is 29.3. The number of hydrogen-bond donors (Lipinski definition) is 2. The number of anilines is 1. The molecule has 1 aromatic heterocycles. The zero-order valence-corrected chi connectivity index (χ0v) is 19.7. The van der Waals surface area contributed by atoms with Gasteiger partial charge in [0.15, 0.2) is 0 Å². The Labute approximate surface area is 183 Å². The van der Waals surface area contributed by atoms with Crippen molar-refractivity contribution in [2.75, 3.05) is 5.32 Å². The van der Waals surface area contributed by atoms with Gasteiger partial charge in [-0.3, -0.25) is 9.48 Å². The fourth-order valence-electron chi connectivity index (χ4n) is 2.77. The lowest BCUT2D eigenvalue weighted by molar-refractivity contribution is -0.111. The molecular weight excluding hydrogens is 424 g/mol. The number of aromatic nitrogens is 2. The molecule has 0 saturated heterocycles. The van der Waals surface area contributed by atoms with E-state index in [1.165, 1.54) is 18.2 Å². The van der Waals surface area contributed by atoms with Crippen LogP contribution in [0.15, 0.2) is 35.2 Å². The highest BCUT2D eigenvalue weighted by Gasteiger charge is 2.22. The molecule has 0 aliphatic rings. The quantitative estimate of drug-likeness (QED) is 0.614. The second-order valence-corrected chi connectivity index (χ2v) is 10.6. The van der Waals surface area contributed by atoms with Crippen LogP contribution < -0.4 is 10.0 Å². The van der Waals surface area contributed by atoms with E-state index in [0.717, 1.165) is 5.69 Å². The molecule has 0 aliphatic carbocycles. The lowest BCUT2D eigenvalue weighted by atomic mass is 10.1. The number of amides is 1. The Morgan fingerprint density at radius 1 is 1.30 bits per heavy atom. The molecule has 2 rings (SSSR count). The first-order chi connectivity index (χ1) is 13.8. The van der Waals surface area contributed by atoms with E-state index in [1.807, 2.05) is 6.92 Å². The minimum Gasteiger partial charge on any atom is -0.322 e. The predicted molar refractivity (Wildman–Crippen MR) is 121 cm³/mol. The van der Waals surface area contributed by atoms with Gasteiger partial charge in [-0.1, -0.05) is 31.5 Å². The average molecular weight is 453 g/mol. The molecule has 0 saturated carbocycles. The van der Waals surface area contributed by atoms with Crippen molar-refractivity contribution in [1.29, 1.82) is 0 Å². The van der Waals surface area contributed by atoms with Gasteiger partial charge in [0.1, 0.15) is 5.15 Å². The highest BCUT2D eigenvalue weighted by Crippen LogP contribution is 2.22. The van der Waals surface area contributed by atoms with Gasteiger partial charge in [0.25, 0.3) is 0 Å². The predicted octanol–water partition coefficient (Wildman–Crippen LogP) is 4.23. The Balaban J connectivity index is 2.15. The number of halogens is 1. The summed E-state index contributed by atoms with van der Waals surface area (Å²) in [7, 11) is -3.70. The van der Waals surface area contributed by atoms with Crippen LogP contribution in [0.2, 0.25) is 5.15 Å². The monoisotopic (exact) mass is 452 g/mol. The molecule has 0 spiro atoms. The Hall–Kier alpha value is -2.16. The number of hydrogen-bond acceptors (Lipinski definition) is 4. The third-order valence-corrected chi connectivity index (χ3v) is 6.06. The minimum absolute atomic E-state index is 0.0769. The number of carbonyl (C=O) groups is 1. The summed E-state index contributed by atoms with van der Waals surface area (Å²) in [5.41, 5.74) is 1.17. The Morgan fingerprint density at radius 3 is 2.57 bits per heavy atom. The maximum Gasteiger partial charge on any atom is 0.248 e. The van der Waals surface area contributed by atoms with Crippen molar-refractivity contribution in [1.82, 2.24) is 14.5 Å². The van der Waals surface area contributed by atoms with Crippen molar-refractivity contribution >= 4 is 39.3 Å². The molecule has 2 N–H and O–H groups in total. The number of rotatable bonds is 7. The van der Waals surface area contributed by atoms with E-state index in [1.54, 1.807) is 43.7 Å². The number of aryl methyl sites for hydroxylation is 1. The standard InChI is InChI=1S/C21H29ClN4O3S/c1-14(2)13-26-20(22)18(15(3)24-26)10-11-19(27)23-16-8-7-9-17(12-16)30(28,29)25-21(4,5)6/h7-12,14,25H,13H2,1-6H3,(H,23,27)/b11-10+. The van der Waals surface area contributed by atoms with E-state index in [9.17, 15) is 13.2 Å². The van der Waals surface area contributed by atoms with E-state index < -0.39 is 21.5 Å². The number of nitrogens with one attached hydrogen (secondary N) is 2. The van der Waals surface area contributed by atoms with Gasteiger partial charge in [-0.2, -0.15) is 5.10 Å². The second kappa shape index (κ2) is 9.32. The number of carbonyl (C=O) groups excluding carboxylic acids is 1. The Bertz CT molecular complexity index is 1050. The van der Waals surface area contributed by atoms with Gasteiger partial charge < -0.3 is 5.32 Å². The molecule has 9 heteroatoms. The third-order valence-electron chi connectivity index (χ3n) is 3.90. The largest absolute Gasteiger partial charge is 0.322 e. The Morgan fingerprint density at radius 2 is 1.97 bits per heavy atom. The zero-order chi connectivity index (χ0) is 22.7. The molecule has 0 bridgehead atoms. The fraction of sp³-hybridized carbons (Fsp3) is 0.429. The van der Waals surface area contributed by atoms with Crippen LogP contribution in [0.1, 0.15) is 45.9 Å². The number of sulfonamides is 1. The van der Waals surface area contributed by atoms with E-state index in [4.69, 9.17) is 11.6 Å². The first kappa shape index (κ1) is 24.1. The van der Waals surface area contributed by atoms with Crippen molar-refractivity contribution in [2.45, 2.75) is 58.5 Å². The first-order valence-corrected chi connectivity index (χ1v) is 11.5. The smallest absolute Gasteiger partial charge is 0.248 e. The van der Waals surface area contributed by atoms with Crippen molar-refractivity contribution in [3.63, 3.8) is 0 Å². The molecule has 2 aromatic rings. The summed E-state index contributed by atoms with van der Waals surface area (Å²) >= 11 is 6.38. The SMILES string of the molecule is Cc1nn(CC(C)C)c(Cl)c1/C=C/C(=O)Nc1cccc(S(=O)(=O)NC(C)(C)C)c1. The van der Waals surface area contributed by atoms with Crippen molar-refractivity contribution in [3.8, 4) is 0 Å². The molecule has 0 aliphatic heterocycles. The van der Waals surface area contributed by atoms with E-state index in [0.29, 0.717) is 28.9 Å². The second-order valence-electron chi connectivity index (χ2n) is 8.57. The molecule has 30 heavy (non-hydrogen) atoms. The van der Waals surface area contributed by atoms with Crippen molar-refractivity contribution < 1.29 is 13.2 Å².